The van der Waals surface area contributed by atoms with Crippen LogP contribution in [0.2, 0.25) is 0 Å². The molecule has 2 amide bonds. The molecule has 1 aliphatic carbocycles. The molecule has 4 rings (SSSR count). The number of nitrogens with one attached hydrogen (secondary N) is 2. The van der Waals surface area contributed by atoms with Crippen molar-refractivity contribution in [2.24, 2.45) is 5.92 Å². The van der Waals surface area contributed by atoms with Gasteiger partial charge in [0.1, 0.15) is 10.8 Å². The highest BCUT2D eigenvalue weighted by atomic mass is 32.1. The van der Waals surface area contributed by atoms with E-state index in [1.54, 1.807) is 14.0 Å². The number of benzene rings is 2. The number of ether oxygens (including phenoxy) is 1. The summed E-state index contributed by atoms with van der Waals surface area (Å²) in [5.41, 5.74) is 2.31. The Hall–Kier alpha value is -3.65. The summed E-state index contributed by atoms with van der Waals surface area (Å²) in [6.07, 6.45) is 2.79. The van der Waals surface area contributed by atoms with E-state index in [1.165, 1.54) is 0 Å². The van der Waals surface area contributed by atoms with Gasteiger partial charge in [-0.15, -0.1) is 11.3 Å². The van der Waals surface area contributed by atoms with Crippen molar-refractivity contribution in [3.63, 3.8) is 0 Å². The summed E-state index contributed by atoms with van der Waals surface area (Å²) in [6, 6.07) is 17.0. The van der Waals surface area contributed by atoms with Crippen LogP contribution in [0.4, 0.5) is 5.00 Å². The molecule has 7 nitrogen and oxygen atoms in total. The van der Waals surface area contributed by atoms with Crippen LogP contribution in [0.25, 0.3) is 0 Å². The number of carbonyl (C=O) groups is 3. The van der Waals surface area contributed by atoms with E-state index in [9.17, 15) is 19.5 Å². The van der Waals surface area contributed by atoms with Crippen molar-refractivity contribution in [1.29, 1.82) is 0 Å². The lowest BCUT2D eigenvalue weighted by molar-refractivity contribution is -0.116. The van der Waals surface area contributed by atoms with E-state index in [4.69, 9.17) is 4.74 Å². The van der Waals surface area contributed by atoms with Gasteiger partial charge in [-0.3, -0.25) is 9.59 Å². The molecule has 2 aromatic carbocycles. The van der Waals surface area contributed by atoms with E-state index in [-0.39, 0.29) is 34.8 Å². The summed E-state index contributed by atoms with van der Waals surface area (Å²) in [7, 11) is 1.60. The third-order valence-corrected chi connectivity index (χ3v) is 7.36. The second-order valence-electron chi connectivity index (χ2n) is 8.66. The topological polar surface area (TPSA) is 105 Å². The van der Waals surface area contributed by atoms with Gasteiger partial charge in [0, 0.05) is 6.42 Å². The number of rotatable bonds is 10. The van der Waals surface area contributed by atoms with Crippen LogP contribution in [-0.2, 0) is 11.2 Å². The number of thiophene rings is 1. The Bertz CT molecular complexity index is 1220. The summed E-state index contributed by atoms with van der Waals surface area (Å²) in [5, 5.41) is 15.8. The third kappa shape index (κ3) is 5.89. The van der Waals surface area contributed by atoms with E-state index in [2.05, 4.69) is 10.6 Å². The number of hydrogen-bond acceptors (Lipinski definition) is 5. The van der Waals surface area contributed by atoms with Crippen LogP contribution in [-0.4, -0.2) is 30.0 Å². The highest BCUT2D eigenvalue weighted by Crippen LogP contribution is 2.42. The fraction of sp³-hybridized carbons (Fsp3) is 0.296. The Labute approximate surface area is 208 Å². The number of anilines is 1. The lowest BCUT2D eigenvalue weighted by Crippen LogP contribution is -2.29. The summed E-state index contributed by atoms with van der Waals surface area (Å²) in [6.45, 7) is 1.61. The lowest BCUT2D eigenvalue weighted by atomic mass is 10.0. The van der Waals surface area contributed by atoms with Crippen molar-refractivity contribution in [3.05, 3.63) is 81.7 Å². The van der Waals surface area contributed by atoms with Gasteiger partial charge in [-0.25, -0.2) is 4.79 Å². The van der Waals surface area contributed by atoms with E-state index >= 15 is 0 Å². The zero-order valence-electron chi connectivity index (χ0n) is 19.7. The zero-order valence-corrected chi connectivity index (χ0v) is 20.5. The van der Waals surface area contributed by atoms with Crippen molar-refractivity contribution >= 4 is 34.1 Å². The molecule has 1 saturated carbocycles. The maximum atomic E-state index is 13.3. The fourth-order valence-electron chi connectivity index (χ4n) is 4.09. The Morgan fingerprint density at radius 2 is 1.77 bits per heavy atom. The average molecular weight is 493 g/mol. The first-order chi connectivity index (χ1) is 16.9. The highest BCUT2D eigenvalue weighted by molar-refractivity contribution is 7.18. The quantitative estimate of drug-likeness (QED) is 0.360. The fourth-order valence-corrected chi connectivity index (χ4v) is 5.21. The van der Waals surface area contributed by atoms with Crippen molar-refractivity contribution < 1.29 is 24.2 Å². The van der Waals surface area contributed by atoms with Crippen LogP contribution < -0.4 is 15.4 Å². The first kappa shape index (κ1) is 24.5. The normalized spacial score (nSPS) is 13.7. The molecule has 8 heteroatoms. The molecule has 1 unspecified atom stereocenters. The number of hydrogen-bond donors (Lipinski definition) is 3. The molecular weight excluding hydrogens is 464 g/mol. The molecule has 1 heterocycles. The van der Waals surface area contributed by atoms with Gasteiger partial charge < -0.3 is 20.5 Å². The molecule has 1 fully saturated rings. The van der Waals surface area contributed by atoms with Gasteiger partial charge in [-0.1, -0.05) is 42.5 Å². The van der Waals surface area contributed by atoms with Gasteiger partial charge in [-0.05, 0) is 60.9 Å². The van der Waals surface area contributed by atoms with Crippen molar-refractivity contribution in [3.8, 4) is 5.75 Å². The first-order valence-electron chi connectivity index (χ1n) is 11.5. The van der Waals surface area contributed by atoms with Crippen molar-refractivity contribution in [2.75, 3.05) is 12.4 Å². The lowest BCUT2D eigenvalue weighted by Gasteiger charge is -2.19. The Morgan fingerprint density at radius 3 is 2.37 bits per heavy atom. The largest absolute Gasteiger partial charge is 0.497 e. The molecule has 0 spiro atoms. The number of carboxylic acids is 1. The predicted octanol–water partition coefficient (Wildman–Crippen LogP) is 5.22. The molecule has 1 aromatic heterocycles. The summed E-state index contributed by atoms with van der Waals surface area (Å²) < 4.78 is 5.23. The van der Waals surface area contributed by atoms with Gasteiger partial charge in [0.05, 0.1) is 23.6 Å². The minimum Gasteiger partial charge on any atom is -0.497 e. The smallest absolute Gasteiger partial charge is 0.339 e. The minimum atomic E-state index is -1.18. The molecule has 3 aromatic rings. The molecule has 0 bridgehead atoms. The molecule has 0 aliphatic heterocycles. The summed E-state index contributed by atoms with van der Waals surface area (Å²) in [5.74, 6) is -0.734. The molecule has 182 valence electrons. The Morgan fingerprint density at radius 1 is 1.09 bits per heavy atom. The van der Waals surface area contributed by atoms with Crippen LogP contribution in [0.15, 0.2) is 54.6 Å². The van der Waals surface area contributed by atoms with Crippen molar-refractivity contribution in [2.45, 2.75) is 38.6 Å². The Kier molecular flexibility index (Phi) is 7.51. The van der Waals surface area contributed by atoms with Crippen LogP contribution >= 0.6 is 11.3 Å². The number of methoxy groups -OCH3 is 1. The average Bonchev–Trinajstić information content (AvgIpc) is 3.65. The summed E-state index contributed by atoms with van der Waals surface area (Å²) in [4.78, 5) is 38.1. The van der Waals surface area contributed by atoms with Gasteiger partial charge in [-0.2, -0.15) is 0 Å². The minimum absolute atomic E-state index is 0.0411. The number of carboxylic acid groups (broad SMARTS) is 1. The SMILES string of the molecule is COc1ccc(C(NC(=O)c2sc(NC(=O)CCc3ccccc3)c(C(=O)O)c2C)C2CC2)cc1. The van der Waals surface area contributed by atoms with Gasteiger partial charge in [0.25, 0.3) is 5.91 Å². The number of aromatic carboxylic acids is 1. The molecule has 1 aliphatic rings. The van der Waals surface area contributed by atoms with Gasteiger partial charge in [0.15, 0.2) is 0 Å². The summed E-state index contributed by atoms with van der Waals surface area (Å²) >= 11 is 1.00. The maximum absolute atomic E-state index is 13.3. The molecule has 3 N–H and O–H groups in total. The highest BCUT2D eigenvalue weighted by Gasteiger charge is 2.35. The first-order valence-corrected chi connectivity index (χ1v) is 12.3. The zero-order chi connectivity index (χ0) is 24.9. The maximum Gasteiger partial charge on any atom is 0.339 e. The molecule has 0 radical (unpaired) electrons. The van der Waals surface area contributed by atoms with Crippen molar-refractivity contribution in [1.82, 2.24) is 5.32 Å². The molecule has 1 atom stereocenters. The number of amides is 2. The van der Waals surface area contributed by atoms with Gasteiger partial charge >= 0.3 is 5.97 Å². The van der Waals surface area contributed by atoms with E-state index in [0.29, 0.717) is 22.8 Å². The van der Waals surface area contributed by atoms with E-state index < -0.39 is 5.97 Å². The second-order valence-corrected chi connectivity index (χ2v) is 9.68. The molecule has 0 saturated heterocycles. The standard InChI is InChI=1S/C27H28N2O5S/c1-16-22(27(32)33)26(28-21(30)15-8-17-6-4-3-5-7-17)35-24(16)25(31)29-23(18-9-10-18)19-11-13-20(34-2)14-12-19/h3-7,11-14,18,23H,8-10,15H2,1-2H3,(H,28,30)(H,29,31)(H,32,33). The van der Waals surface area contributed by atoms with Crippen LogP contribution in [0.5, 0.6) is 5.75 Å². The van der Waals surface area contributed by atoms with Crippen LogP contribution in [0.1, 0.15) is 62.0 Å². The monoisotopic (exact) mass is 492 g/mol. The Balaban J connectivity index is 1.50. The molecule has 35 heavy (non-hydrogen) atoms. The van der Waals surface area contributed by atoms with Crippen LogP contribution in [0.3, 0.4) is 0 Å². The van der Waals surface area contributed by atoms with Crippen LogP contribution in [0, 0.1) is 12.8 Å². The molecular formula is C27H28N2O5S. The van der Waals surface area contributed by atoms with Gasteiger partial charge in [0.2, 0.25) is 5.91 Å². The van der Waals surface area contributed by atoms with E-state index in [1.807, 2.05) is 54.6 Å². The predicted molar refractivity (Wildman–Crippen MR) is 135 cm³/mol. The third-order valence-electron chi connectivity index (χ3n) is 6.16. The number of carbonyl (C=O) groups excluding carboxylic acids is 2. The second kappa shape index (κ2) is 10.7. The van der Waals surface area contributed by atoms with E-state index in [0.717, 1.165) is 41.1 Å². The number of aryl methyl sites for hydroxylation is 1.